The van der Waals surface area contributed by atoms with Crippen LogP contribution in [0.5, 0.6) is 0 Å². The number of para-hydroxylation sites is 1. The summed E-state index contributed by atoms with van der Waals surface area (Å²) in [5.74, 6) is -0.169. The van der Waals surface area contributed by atoms with Crippen LogP contribution in [0.3, 0.4) is 0 Å². The van der Waals surface area contributed by atoms with Gasteiger partial charge in [-0.25, -0.2) is 0 Å². The van der Waals surface area contributed by atoms with E-state index in [2.05, 4.69) is 0 Å². The summed E-state index contributed by atoms with van der Waals surface area (Å²) in [6, 6.07) is 9.51. The van der Waals surface area contributed by atoms with Crippen molar-refractivity contribution in [1.29, 1.82) is 0 Å². The number of hydrogen-bond donors (Lipinski definition) is 1. The fourth-order valence-corrected chi connectivity index (χ4v) is 2.41. The third-order valence-electron chi connectivity index (χ3n) is 3.82. The molecule has 0 bridgehead atoms. The van der Waals surface area contributed by atoms with Gasteiger partial charge in [-0.2, -0.15) is 0 Å². The van der Waals surface area contributed by atoms with E-state index < -0.39 is 5.97 Å². The van der Waals surface area contributed by atoms with Crippen LogP contribution in [0.25, 0.3) is 0 Å². The summed E-state index contributed by atoms with van der Waals surface area (Å²) in [6.07, 6.45) is 2.83. The highest BCUT2D eigenvalue weighted by Crippen LogP contribution is 2.38. The highest BCUT2D eigenvalue weighted by Gasteiger charge is 2.35. The first-order valence-corrected chi connectivity index (χ1v) is 7.18. The Morgan fingerprint density at radius 1 is 1.30 bits per heavy atom. The van der Waals surface area contributed by atoms with Crippen molar-refractivity contribution in [3.8, 4) is 0 Å². The van der Waals surface area contributed by atoms with E-state index in [-0.39, 0.29) is 18.2 Å². The molecule has 1 saturated carbocycles. The molecule has 1 aromatic carbocycles. The van der Waals surface area contributed by atoms with Crippen LogP contribution in [0.4, 0.5) is 5.69 Å². The molecule has 4 heteroatoms. The summed E-state index contributed by atoms with van der Waals surface area (Å²) in [7, 11) is 0. The Bertz CT molecular complexity index is 468. The first-order valence-electron chi connectivity index (χ1n) is 7.18. The highest BCUT2D eigenvalue weighted by atomic mass is 16.4. The second-order valence-corrected chi connectivity index (χ2v) is 5.45. The molecule has 0 spiro atoms. The molecule has 4 nitrogen and oxygen atoms in total. The fourth-order valence-electron chi connectivity index (χ4n) is 2.41. The van der Waals surface area contributed by atoms with Gasteiger partial charge in [0.25, 0.3) is 0 Å². The summed E-state index contributed by atoms with van der Waals surface area (Å²) >= 11 is 0. The predicted octanol–water partition coefficient (Wildman–Crippen LogP) is 2.93. The van der Waals surface area contributed by atoms with E-state index in [9.17, 15) is 9.59 Å². The molecule has 20 heavy (non-hydrogen) atoms. The molecule has 0 saturated heterocycles. The van der Waals surface area contributed by atoms with Crippen LogP contribution in [0.15, 0.2) is 30.3 Å². The lowest BCUT2D eigenvalue weighted by Crippen LogP contribution is -2.37. The van der Waals surface area contributed by atoms with Gasteiger partial charge in [-0.3, -0.25) is 9.59 Å². The molecule has 0 aromatic heterocycles. The Morgan fingerprint density at radius 2 is 1.95 bits per heavy atom. The highest BCUT2D eigenvalue weighted by molar-refractivity contribution is 5.95. The van der Waals surface area contributed by atoms with Crippen molar-refractivity contribution in [2.75, 3.05) is 11.4 Å². The maximum Gasteiger partial charge on any atom is 0.303 e. The quantitative estimate of drug-likeness (QED) is 0.832. The first-order chi connectivity index (χ1) is 9.59. The van der Waals surface area contributed by atoms with Crippen LogP contribution >= 0.6 is 0 Å². The van der Waals surface area contributed by atoms with Gasteiger partial charge in [0.05, 0.1) is 0 Å². The van der Waals surface area contributed by atoms with E-state index in [1.807, 2.05) is 37.3 Å². The maximum atomic E-state index is 12.6. The number of nitrogens with zero attached hydrogens (tertiary/aromatic N) is 1. The van der Waals surface area contributed by atoms with Gasteiger partial charge in [-0.05, 0) is 37.3 Å². The number of carboxylic acids is 1. The number of carbonyl (C=O) groups is 2. The zero-order chi connectivity index (χ0) is 14.5. The van der Waals surface area contributed by atoms with Gasteiger partial charge in [-0.1, -0.05) is 25.1 Å². The maximum absolute atomic E-state index is 12.6. The normalized spacial score (nSPS) is 15.7. The predicted molar refractivity (Wildman–Crippen MR) is 77.6 cm³/mol. The Labute approximate surface area is 119 Å². The first kappa shape index (κ1) is 14.6. The molecule has 0 radical (unpaired) electrons. The lowest BCUT2D eigenvalue weighted by Gasteiger charge is -2.26. The van der Waals surface area contributed by atoms with Gasteiger partial charge in [0.15, 0.2) is 0 Å². The minimum atomic E-state index is -0.819. The van der Waals surface area contributed by atoms with E-state index in [0.717, 1.165) is 18.5 Å². The van der Waals surface area contributed by atoms with Gasteiger partial charge < -0.3 is 10.0 Å². The molecule has 0 aliphatic heterocycles. The van der Waals surface area contributed by atoms with Crippen molar-refractivity contribution in [3.05, 3.63) is 30.3 Å². The summed E-state index contributed by atoms with van der Waals surface area (Å²) in [5.41, 5.74) is 0.857. The van der Waals surface area contributed by atoms with Gasteiger partial charge in [0.2, 0.25) is 5.91 Å². The van der Waals surface area contributed by atoms with Crippen LogP contribution in [0, 0.1) is 11.8 Å². The minimum Gasteiger partial charge on any atom is -0.481 e. The van der Waals surface area contributed by atoms with Crippen molar-refractivity contribution >= 4 is 17.6 Å². The number of benzene rings is 1. The van der Waals surface area contributed by atoms with E-state index in [4.69, 9.17) is 5.11 Å². The number of carbonyl (C=O) groups excluding carboxylic acids is 1. The lowest BCUT2D eigenvalue weighted by atomic mass is 10.0. The van der Waals surface area contributed by atoms with Crippen molar-refractivity contribution in [2.45, 2.75) is 32.6 Å². The largest absolute Gasteiger partial charge is 0.481 e. The van der Waals surface area contributed by atoms with E-state index in [1.165, 1.54) is 0 Å². The molecule has 1 amide bonds. The molecule has 1 unspecified atom stereocenters. The molecule has 108 valence electrons. The lowest BCUT2D eigenvalue weighted by molar-refractivity contribution is -0.137. The summed E-state index contributed by atoms with van der Waals surface area (Å²) in [5, 5.41) is 8.74. The van der Waals surface area contributed by atoms with Crippen LogP contribution in [-0.4, -0.2) is 23.5 Å². The van der Waals surface area contributed by atoms with Gasteiger partial charge in [0.1, 0.15) is 0 Å². The average molecular weight is 275 g/mol. The second kappa shape index (κ2) is 6.55. The third-order valence-corrected chi connectivity index (χ3v) is 3.82. The number of aliphatic carboxylic acids is 1. The minimum absolute atomic E-state index is 0.0278. The zero-order valence-electron chi connectivity index (χ0n) is 11.8. The van der Waals surface area contributed by atoms with Crippen molar-refractivity contribution in [1.82, 2.24) is 0 Å². The molecule has 0 heterocycles. The Morgan fingerprint density at radius 3 is 2.50 bits per heavy atom. The van der Waals surface area contributed by atoms with Gasteiger partial charge >= 0.3 is 5.97 Å². The fraction of sp³-hybridized carbons (Fsp3) is 0.500. The number of amides is 1. The van der Waals surface area contributed by atoms with Gasteiger partial charge in [-0.15, -0.1) is 0 Å². The molecule has 1 N–H and O–H groups in total. The van der Waals surface area contributed by atoms with Crippen LogP contribution in [-0.2, 0) is 9.59 Å². The SMILES string of the molecule is CC(C(=O)N(CCCC(=O)O)c1ccccc1)C1CC1. The molecule has 1 atom stereocenters. The van der Waals surface area contributed by atoms with Crippen molar-refractivity contribution in [2.24, 2.45) is 11.8 Å². The summed E-state index contributed by atoms with van der Waals surface area (Å²) in [4.78, 5) is 25.0. The Kier molecular flexibility index (Phi) is 4.77. The zero-order valence-corrected chi connectivity index (χ0v) is 11.8. The Balaban J connectivity index is 2.06. The standard InChI is InChI=1S/C16H21NO3/c1-12(13-9-10-13)16(20)17(11-5-8-15(18)19)14-6-3-2-4-7-14/h2-4,6-7,12-13H,5,8-11H2,1H3,(H,18,19). The van der Waals surface area contributed by atoms with Crippen molar-refractivity contribution in [3.63, 3.8) is 0 Å². The molecule has 1 aromatic rings. The molecular formula is C16H21NO3. The molecule has 2 rings (SSSR count). The average Bonchev–Trinajstić information content (AvgIpc) is 3.27. The van der Waals surface area contributed by atoms with Crippen LogP contribution in [0.1, 0.15) is 32.6 Å². The third kappa shape index (κ3) is 3.83. The topological polar surface area (TPSA) is 57.6 Å². The van der Waals surface area contributed by atoms with Crippen LogP contribution in [0.2, 0.25) is 0 Å². The molecule has 1 aliphatic rings. The number of hydrogen-bond acceptors (Lipinski definition) is 2. The summed E-state index contributed by atoms with van der Waals surface area (Å²) < 4.78 is 0. The Hall–Kier alpha value is -1.84. The smallest absolute Gasteiger partial charge is 0.303 e. The van der Waals surface area contributed by atoms with Gasteiger partial charge in [0, 0.05) is 24.6 Å². The number of carboxylic acid groups (broad SMARTS) is 1. The monoisotopic (exact) mass is 275 g/mol. The van der Waals surface area contributed by atoms with E-state index in [0.29, 0.717) is 18.9 Å². The van der Waals surface area contributed by atoms with E-state index in [1.54, 1.807) is 4.90 Å². The molecule has 1 fully saturated rings. The number of rotatable bonds is 7. The van der Waals surface area contributed by atoms with Crippen LogP contribution < -0.4 is 4.90 Å². The second-order valence-electron chi connectivity index (χ2n) is 5.45. The molecule has 1 aliphatic carbocycles. The molecular weight excluding hydrogens is 254 g/mol. The van der Waals surface area contributed by atoms with E-state index >= 15 is 0 Å². The number of anilines is 1. The van der Waals surface area contributed by atoms with Crippen molar-refractivity contribution < 1.29 is 14.7 Å². The summed E-state index contributed by atoms with van der Waals surface area (Å²) in [6.45, 7) is 2.44.